The topological polar surface area (TPSA) is 39.1 Å². The van der Waals surface area contributed by atoms with Crippen LogP contribution in [-0.2, 0) is 6.54 Å². The Kier molecular flexibility index (Phi) is 5.67. The Bertz CT molecular complexity index is 420. The van der Waals surface area contributed by atoms with Gasteiger partial charge in [-0.25, -0.2) is 0 Å². The van der Waals surface area contributed by atoms with E-state index in [2.05, 4.69) is 6.92 Å². The van der Waals surface area contributed by atoms with E-state index in [1.807, 2.05) is 0 Å². The number of nitrogens with zero attached hydrogens (tertiary/aromatic N) is 1. The number of pyridine rings is 1. The maximum absolute atomic E-state index is 11.6. The lowest BCUT2D eigenvalue weighted by Crippen LogP contribution is -2.19. The number of unbranched alkanes of at least 4 members (excludes halogenated alkanes) is 4. The molecule has 0 aliphatic rings. The molecule has 1 aromatic heterocycles. The fourth-order valence-corrected chi connectivity index (χ4v) is 1.80. The van der Waals surface area contributed by atoms with E-state index in [4.69, 9.17) is 0 Å². The molecule has 1 rings (SSSR count). The first kappa shape index (κ1) is 13.7. The van der Waals surface area contributed by atoms with E-state index < -0.39 is 0 Å². The van der Waals surface area contributed by atoms with E-state index in [-0.39, 0.29) is 11.3 Å². The maximum Gasteiger partial charge on any atom is 0.250 e. The zero-order valence-electron chi connectivity index (χ0n) is 10.7. The van der Waals surface area contributed by atoms with Crippen LogP contribution in [0.3, 0.4) is 0 Å². The number of hydrogen-bond acceptors (Lipinski definition) is 2. The van der Waals surface area contributed by atoms with Crippen molar-refractivity contribution >= 4 is 5.78 Å². The second kappa shape index (κ2) is 7.05. The van der Waals surface area contributed by atoms with Gasteiger partial charge in [0.25, 0.3) is 5.56 Å². The highest BCUT2D eigenvalue weighted by atomic mass is 16.1. The number of hydrogen-bond donors (Lipinski definition) is 0. The van der Waals surface area contributed by atoms with Crippen molar-refractivity contribution in [2.24, 2.45) is 0 Å². The molecule has 0 aromatic carbocycles. The first-order chi connectivity index (χ1) is 8.15. The molecule has 94 valence electrons. The zero-order chi connectivity index (χ0) is 12.7. The van der Waals surface area contributed by atoms with Crippen molar-refractivity contribution in [3.63, 3.8) is 0 Å². The number of aryl methyl sites for hydroxylation is 1. The fourth-order valence-electron chi connectivity index (χ4n) is 1.80. The summed E-state index contributed by atoms with van der Waals surface area (Å²) in [4.78, 5) is 22.8. The van der Waals surface area contributed by atoms with E-state index in [9.17, 15) is 9.59 Å². The van der Waals surface area contributed by atoms with Crippen molar-refractivity contribution in [2.75, 3.05) is 0 Å². The monoisotopic (exact) mass is 235 g/mol. The van der Waals surface area contributed by atoms with Crippen LogP contribution in [0, 0.1) is 0 Å². The molecule has 0 fully saturated rings. The lowest BCUT2D eigenvalue weighted by molar-refractivity contribution is 0.101. The Labute approximate surface area is 102 Å². The molecule has 17 heavy (non-hydrogen) atoms. The van der Waals surface area contributed by atoms with Crippen molar-refractivity contribution in [3.05, 3.63) is 34.2 Å². The predicted molar refractivity (Wildman–Crippen MR) is 69.5 cm³/mol. The molecule has 3 heteroatoms. The highest BCUT2D eigenvalue weighted by Crippen LogP contribution is 2.04. The molecule has 3 nitrogen and oxygen atoms in total. The van der Waals surface area contributed by atoms with Crippen LogP contribution in [0.5, 0.6) is 0 Å². The highest BCUT2D eigenvalue weighted by molar-refractivity contribution is 5.93. The Hall–Kier alpha value is -1.38. The molecule has 0 unspecified atom stereocenters. The fraction of sp³-hybridized carbons (Fsp3) is 0.571. The number of ketones is 1. The quantitative estimate of drug-likeness (QED) is 0.538. The van der Waals surface area contributed by atoms with Crippen LogP contribution in [0.15, 0.2) is 23.1 Å². The van der Waals surface area contributed by atoms with Gasteiger partial charge in [-0.1, -0.05) is 32.6 Å². The van der Waals surface area contributed by atoms with Crippen LogP contribution < -0.4 is 5.56 Å². The summed E-state index contributed by atoms with van der Waals surface area (Å²) in [7, 11) is 0. The van der Waals surface area contributed by atoms with Gasteiger partial charge in [0.15, 0.2) is 5.78 Å². The molecule has 0 aliphatic carbocycles. The average Bonchev–Trinajstić information content (AvgIpc) is 2.30. The first-order valence-corrected chi connectivity index (χ1v) is 6.36. The molecular formula is C14H21NO2. The van der Waals surface area contributed by atoms with E-state index >= 15 is 0 Å². The standard InChI is InChI=1S/C14H21NO2/c1-3-4-5-6-7-10-15-11-13(12(2)16)8-9-14(15)17/h8-9,11H,3-7,10H2,1-2H3. The molecule has 0 bridgehead atoms. The Morgan fingerprint density at radius 3 is 2.53 bits per heavy atom. The van der Waals surface area contributed by atoms with E-state index in [0.29, 0.717) is 12.1 Å². The summed E-state index contributed by atoms with van der Waals surface area (Å²) in [5.41, 5.74) is 0.587. The minimum atomic E-state index is -0.0227. The molecule has 0 aliphatic heterocycles. The molecule has 0 saturated carbocycles. The summed E-state index contributed by atoms with van der Waals surface area (Å²) in [6, 6.07) is 3.07. The molecule has 0 saturated heterocycles. The van der Waals surface area contributed by atoms with Crippen LogP contribution >= 0.6 is 0 Å². The highest BCUT2D eigenvalue weighted by Gasteiger charge is 2.02. The third kappa shape index (κ3) is 4.55. The molecule has 1 aromatic rings. The van der Waals surface area contributed by atoms with Crippen LogP contribution in [0.1, 0.15) is 56.3 Å². The normalized spacial score (nSPS) is 10.5. The zero-order valence-corrected chi connectivity index (χ0v) is 10.7. The summed E-state index contributed by atoms with van der Waals surface area (Å²) >= 11 is 0. The van der Waals surface area contributed by atoms with E-state index in [1.54, 1.807) is 16.8 Å². The molecular weight excluding hydrogens is 214 g/mol. The van der Waals surface area contributed by atoms with Crippen molar-refractivity contribution in [3.8, 4) is 0 Å². The molecule has 0 spiro atoms. The molecule has 0 amide bonds. The van der Waals surface area contributed by atoms with Gasteiger partial charge in [0.05, 0.1) is 0 Å². The van der Waals surface area contributed by atoms with Gasteiger partial charge in [-0.15, -0.1) is 0 Å². The van der Waals surface area contributed by atoms with E-state index in [1.165, 1.54) is 32.3 Å². The number of carbonyl (C=O) groups is 1. The van der Waals surface area contributed by atoms with Crippen molar-refractivity contribution < 1.29 is 4.79 Å². The number of Topliss-reactive ketones (excluding diaryl/α,β-unsaturated/α-hetero) is 1. The molecule has 0 radical (unpaired) electrons. The number of rotatable bonds is 7. The van der Waals surface area contributed by atoms with Gasteiger partial charge in [0.1, 0.15) is 0 Å². The SMILES string of the molecule is CCCCCCCn1cc(C(C)=O)ccc1=O. The average molecular weight is 235 g/mol. The first-order valence-electron chi connectivity index (χ1n) is 6.36. The number of aromatic nitrogens is 1. The third-order valence-electron chi connectivity index (χ3n) is 2.89. The number of carbonyl (C=O) groups excluding carboxylic acids is 1. The minimum Gasteiger partial charge on any atom is -0.315 e. The lowest BCUT2D eigenvalue weighted by Gasteiger charge is -2.06. The van der Waals surface area contributed by atoms with Gasteiger partial charge < -0.3 is 4.57 Å². The Morgan fingerprint density at radius 2 is 1.88 bits per heavy atom. The van der Waals surface area contributed by atoms with E-state index in [0.717, 1.165) is 12.8 Å². The van der Waals surface area contributed by atoms with Crippen LogP contribution in [0.4, 0.5) is 0 Å². The summed E-state index contributed by atoms with van der Waals surface area (Å²) in [5.74, 6) is 0.00438. The van der Waals surface area contributed by atoms with Crippen molar-refractivity contribution in [1.82, 2.24) is 4.57 Å². The smallest absolute Gasteiger partial charge is 0.250 e. The van der Waals surface area contributed by atoms with Crippen molar-refractivity contribution in [1.29, 1.82) is 0 Å². The maximum atomic E-state index is 11.6. The predicted octanol–water partition coefficient (Wildman–Crippen LogP) is 3.02. The third-order valence-corrected chi connectivity index (χ3v) is 2.89. The summed E-state index contributed by atoms with van der Waals surface area (Å²) in [5, 5.41) is 0. The van der Waals surface area contributed by atoms with Gasteiger partial charge in [-0.05, 0) is 19.4 Å². The largest absolute Gasteiger partial charge is 0.315 e. The van der Waals surface area contributed by atoms with Crippen molar-refractivity contribution in [2.45, 2.75) is 52.5 Å². The van der Waals surface area contributed by atoms with Crippen LogP contribution in [0.25, 0.3) is 0 Å². The molecule has 0 atom stereocenters. The second-order valence-electron chi connectivity index (χ2n) is 4.42. The summed E-state index contributed by atoms with van der Waals surface area (Å²) < 4.78 is 1.64. The Balaban J connectivity index is 2.55. The summed E-state index contributed by atoms with van der Waals surface area (Å²) in [6.07, 6.45) is 7.51. The Morgan fingerprint density at radius 1 is 1.18 bits per heavy atom. The van der Waals surface area contributed by atoms with Gasteiger partial charge >= 0.3 is 0 Å². The summed E-state index contributed by atoms with van der Waals surface area (Å²) in [6.45, 7) is 4.41. The van der Waals surface area contributed by atoms with Gasteiger partial charge in [-0.2, -0.15) is 0 Å². The van der Waals surface area contributed by atoms with Crippen LogP contribution in [0.2, 0.25) is 0 Å². The second-order valence-corrected chi connectivity index (χ2v) is 4.42. The van der Waals surface area contributed by atoms with Crippen LogP contribution in [-0.4, -0.2) is 10.4 Å². The lowest BCUT2D eigenvalue weighted by atomic mass is 10.1. The molecule has 0 N–H and O–H groups in total. The van der Waals surface area contributed by atoms with Gasteiger partial charge in [0.2, 0.25) is 0 Å². The minimum absolute atomic E-state index is 0.00438. The van der Waals surface area contributed by atoms with Gasteiger partial charge in [-0.3, -0.25) is 9.59 Å². The molecule has 1 heterocycles. The van der Waals surface area contributed by atoms with Gasteiger partial charge in [0, 0.05) is 24.4 Å².